The van der Waals surface area contributed by atoms with Gasteiger partial charge in [-0.05, 0) is 56.4 Å². The fraction of sp³-hybridized carbons (Fsp3) is 0.385. The first-order valence-electron chi connectivity index (χ1n) is 11.5. The highest BCUT2D eigenvalue weighted by Crippen LogP contribution is 2.61. The van der Waals surface area contributed by atoms with Crippen molar-refractivity contribution in [3.05, 3.63) is 58.4 Å². The third kappa shape index (κ3) is 4.83. The van der Waals surface area contributed by atoms with Crippen LogP contribution in [0, 0.1) is 23.1 Å². The molecule has 4 rings (SSSR count). The van der Waals surface area contributed by atoms with Gasteiger partial charge in [0.25, 0.3) is 0 Å². The Bertz CT molecular complexity index is 1240. The van der Waals surface area contributed by atoms with Gasteiger partial charge in [-0.2, -0.15) is 5.26 Å². The molecule has 0 radical (unpaired) electrons. The molecule has 2 atom stereocenters. The average Bonchev–Trinajstić information content (AvgIpc) is 3.54. The highest BCUT2D eigenvalue weighted by Gasteiger charge is 2.61. The molecule has 2 aliphatic rings. The summed E-state index contributed by atoms with van der Waals surface area (Å²) in [6.45, 7) is 2.35. The summed E-state index contributed by atoms with van der Waals surface area (Å²) in [6.07, 6.45) is 2.26. The molecule has 0 aromatic heterocycles. The number of aryl methyl sites for hydroxylation is 1. The minimum absolute atomic E-state index is 0.242. The number of carbonyl (C=O) groups is 3. The SMILES string of the molecule is CCOC(=O)CCCc1ccc(C#N)cc1NC(=O)[C@@H]1C[C@]12CCOc1cc(F)c(C(=O)O)cc12. The number of nitrogens with zero attached hydrogens (tertiary/aromatic N) is 1. The Balaban J connectivity index is 1.53. The molecule has 182 valence electrons. The van der Waals surface area contributed by atoms with Crippen LogP contribution in [-0.2, 0) is 26.2 Å². The number of carbonyl (C=O) groups excluding carboxylic acids is 2. The van der Waals surface area contributed by atoms with Crippen LogP contribution in [0.15, 0.2) is 30.3 Å². The van der Waals surface area contributed by atoms with Gasteiger partial charge in [-0.15, -0.1) is 0 Å². The summed E-state index contributed by atoms with van der Waals surface area (Å²) in [7, 11) is 0. The molecule has 1 spiro atoms. The second-order valence-corrected chi connectivity index (χ2v) is 8.78. The Labute approximate surface area is 201 Å². The molecule has 2 N–H and O–H groups in total. The van der Waals surface area contributed by atoms with E-state index < -0.39 is 28.7 Å². The number of rotatable bonds is 8. The van der Waals surface area contributed by atoms with E-state index in [0.717, 1.165) is 11.6 Å². The summed E-state index contributed by atoms with van der Waals surface area (Å²) in [6, 6.07) is 9.43. The summed E-state index contributed by atoms with van der Waals surface area (Å²) in [4.78, 5) is 36.4. The zero-order valence-corrected chi connectivity index (χ0v) is 19.2. The maximum absolute atomic E-state index is 14.2. The number of carboxylic acids is 1. The van der Waals surface area contributed by atoms with Crippen LogP contribution in [0.4, 0.5) is 10.1 Å². The Hall–Kier alpha value is -3.93. The van der Waals surface area contributed by atoms with Gasteiger partial charge in [-0.25, -0.2) is 9.18 Å². The summed E-state index contributed by atoms with van der Waals surface area (Å²) in [5, 5.41) is 21.6. The van der Waals surface area contributed by atoms with Crippen molar-refractivity contribution < 1.29 is 33.4 Å². The lowest BCUT2D eigenvalue weighted by atomic mass is 9.86. The zero-order valence-electron chi connectivity index (χ0n) is 19.2. The van der Waals surface area contributed by atoms with Gasteiger partial charge < -0.3 is 19.9 Å². The van der Waals surface area contributed by atoms with Gasteiger partial charge in [-0.3, -0.25) is 9.59 Å². The number of esters is 1. The number of anilines is 1. The summed E-state index contributed by atoms with van der Waals surface area (Å²) in [5.74, 6) is -3.00. The van der Waals surface area contributed by atoms with Crippen LogP contribution < -0.4 is 10.1 Å². The third-order valence-corrected chi connectivity index (χ3v) is 6.66. The molecule has 9 heteroatoms. The molecule has 2 aromatic carbocycles. The summed E-state index contributed by atoms with van der Waals surface area (Å²) >= 11 is 0. The topological polar surface area (TPSA) is 126 Å². The van der Waals surface area contributed by atoms with E-state index in [4.69, 9.17) is 9.47 Å². The number of halogens is 1. The van der Waals surface area contributed by atoms with Gasteiger partial charge in [0.15, 0.2) is 0 Å². The molecule has 1 aliphatic carbocycles. The van der Waals surface area contributed by atoms with Crippen LogP contribution in [-0.4, -0.2) is 36.2 Å². The lowest BCUT2D eigenvalue weighted by Gasteiger charge is -2.27. The predicted octanol–water partition coefficient (Wildman–Crippen LogP) is 3.96. The number of nitriles is 1. The highest BCUT2D eigenvalue weighted by molar-refractivity contribution is 5.97. The van der Waals surface area contributed by atoms with Crippen LogP contribution in [0.25, 0.3) is 0 Å². The Morgan fingerprint density at radius 2 is 2.11 bits per heavy atom. The summed E-state index contributed by atoms with van der Waals surface area (Å²) < 4.78 is 24.7. The average molecular weight is 480 g/mol. The van der Waals surface area contributed by atoms with Crippen molar-refractivity contribution in [2.45, 2.75) is 44.4 Å². The normalized spacial score (nSPS) is 19.7. The quantitative estimate of drug-likeness (QED) is 0.548. The van der Waals surface area contributed by atoms with Gasteiger partial charge in [0, 0.05) is 35.1 Å². The highest BCUT2D eigenvalue weighted by atomic mass is 19.1. The number of aromatic carboxylic acids is 1. The molecular weight excluding hydrogens is 455 g/mol. The van der Waals surface area contributed by atoms with Gasteiger partial charge >= 0.3 is 11.9 Å². The molecule has 0 saturated heterocycles. The maximum atomic E-state index is 14.2. The second kappa shape index (κ2) is 9.74. The van der Waals surface area contributed by atoms with Crippen molar-refractivity contribution in [1.82, 2.24) is 0 Å². The molecule has 8 nitrogen and oxygen atoms in total. The standard InChI is InChI=1S/C26H25FN2O6/c1-2-34-23(30)5-3-4-16-7-6-15(14-28)10-21(16)29-24(31)19-13-26(19)8-9-35-22-12-20(27)17(25(32)33)11-18(22)26/h6-7,10-12,19H,2-5,8-9,13H2,1H3,(H,29,31)(H,32,33)/t19-,26-/m0/s1. The molecule has 1 fully saturated rings. The number of benzene rings is 2. The lowest BCUT2D eigenvalue weighted by Crippen LogP contribution is -2.27. The van der Waals surface area contributed by atoms with Crippen molar-refractivity contribution in [3.8, 4) is 11.8 Å². The number of ether oxygens (including phenoxy) is 2. The van der Waals surface area contributed by atoms with E-state index in [1.165, 1.54) is 6.07 Å². The number of amides is 1. The van der Waals surface area contributed by atoms with Crippen LogP contribution in [0.3, 0.4) is 0 Å². The Kier molecular flexibility index (Phi) is 6.74. The van der Waals surface area contributed by atoms with Crippen molar-refractivity contribution in [2.24, 2.45) is 5.92 Å². The van der Waals surface area contributed by atoms with E-state index >= 15 is 0 Å². The number of nitrogens with one attached hydrogen (secondary N) is 1. The monoisotopic (exact) mass is 480 g/mol. The Morgan fingerprint density at radius 1 is 1.31 bits per heavy atom. The predicted molar refractivity (Wildman–Crippen MR) is 123 cm³/mol. The molecule has 1 amide bonds. The van der Waals surface area contributed by atoms with Crippen LogP contribution in [0.5, 0.6) is 5.75 Å². The van der Waals surface area contributed by atoms with Crippen LogP contribution >= 0.6 is 0 Å². The third-order valence-electron chi connectivity index (χ3n) is 6.66. The number of hydrogen-bond acceptors (Lipinski definition) is 6. The van der Waals surface area contributed by atoms with Gasteiger partial charge in [-0.1, -0.05) is 6.07 Å². The van der Waals surface area contributed by atoms with Crippen LogP contribution in [0.2, 0.25) is 0 Å². The largest absolute Gasteiger partial charge is 0.493 e. The summed E-state index contributed by atoms with van der Waals surface area (Å²) in [5.41, 5.74) is 1.13. The molecule has 2 aromatic rings. The fourth-order valence-corrected chi connectivity index (χ4v) is 4.78. The van der Waals surface area contributed by atoms with Gasteiger partial charge in [0.05, 0.1) is 30.4 Å². The first-order valence-corrected chi connectivity index (χ1v) is 11.5. The fourth-order valence-electron chi connectivity index (χ4n) is 4.78. The van der Waals surface area contributed by atoms with E-state index in [1.807, 2.05) is 0 Å². The Morgan fingerprint density at radius 3 is 2.83 bits per heavy atom. The van der Waals surface area contributed by atoms with Crippen molar-refractivity contribution in [2.75, 3.05) is 18.5 Å². The van der Waals surface area contributed by atoms with Gasteiger partial charge in [0.2, 0.25) is 5.91 Å². The van der Waals surface area contributed by atoms with Gasteiger partial charge in [0.1, 0.15) is 11.6 Å². The molecule has 1 aliphatic heterocycles. The molecule has 0 bridgehead atoms. The minimum Gasteiger partial charge on any atom is -0.493 e. The molecule has 1 saturated carbocycles. The molecular formula is C26H25FN2O6. The number of hydrogen-bond donors (Lipinski definition) is 2. The number of carboxylic acid groups (broad SMARTS) is 1. The first kappa shape index (κ1) is 24.2. The van der Waals surface area contributed by atoms with Crippen molar-refractivity contribution in [1.29, 1.82) is 5.26 Å². The van der Waals surface area contributed by atoms with E-state index in [1.54, 1.807) is 25.1 Å². The van der Waals surface area contributed by atoms with E-state index in [-0.39, 0.29) is 24.0 Å². The zero-order chi connectivity index (χ0) is 25.2. The molecule has 0 unspecified atom stereocenters. The van der Waals surface area contributed by atoms with Crippen molar-refractivity contribution >= 4 is 23.5 Å². The maximum Gasteiger partial charge on any atom is 0.338 e. The lowest BCUT2D eigenvalue weighted by molar-refractivity contribution is -0.143. The van der Waals surface area contributed by atoms with Crippen molar-refractivity contribution in [3.63, 3.8) is 0 Å². The first-order chi connectivity index (χ1) is 16.8. The molecule has 35 heavy (non-hydrogen) atoms. The smallest absolute Gasteiger partial charge is 0.338 e. The second-order valence-electron chi connectivity index (χ2n) is 8.78. The van der Waals surface area contributed by atoms with E-state index in [0.29, 0.717) is 55.7 Å². The molecule has 1 heterocycles. The number of fused-ring (bicyclic) bond motifs is 2. The van der Waals surface area contributed by atoms with Crippen LogP contribution in [0.1, 0.15) is 59.7 Å². The minimum atomic E-state index is -1.38. The van der Waals surface area contributed by atoms with E-state index in [9.17, 15) is 29.1 Å². The van der Waals surface area contributed by atoms with E-state index in [2.05, 4.69) is 11.4 Å².